The summed E-state index contributed by atoms with van der Waals surface area (Å²) in [5.74, 6) is -0.00690. The Labute approximate surface area is 145 Å². The fourth-order valence-electron chi connectivity index (χ4n) is 2.16. The second-order valence-electron chi connectivity index (χ2n) is 7.01. The summed E-state index contributed by atoms with van der Waals surface area (Å²) in [7, 11) is 1.67. The van der Waals surface area contributed by atoms with Crippen LogP contribution in [0.25, 0.3) is 0 Å². The predicted molar refractivity (Wildman–Crippen MR) is 94.8 cm³/mol. The number of alkyl carbamates (subject to hydrolysis) is 1. The van der Waals surface area contributed by atoms with Gasteiger partial charge in [0.1, 0.15) is 17.4 Å². The van der Waals surface area contributed by atoms with Crippen LogP contribution in [0.1, 0.15) is 59.8 Å². The highest BCUT2D eigenvalue weighted by atomic mass is 16.6. The van der Waals surface area contributed by atoms with E-state index in [1.54, 1.807) is 40.8 Å². The molecular formula is C18H32N2O4. The number of hydrogen-bond acceptors (Lipinski definition) is 4. The number of ketones is 1. The molecule has 0 heterocycles. The molecule has 24 heavy (non-hydrogen) atoms. The Morgan fingerprint density at radius 1 is 1.21 bits per heavy atom. The maximum atomic E-state index is 12.5. The smallest absolute Gasteiger partial charge is 0.408 e. The zero-order chi connectivity index (χ0) is 18.8. The topological polar surface area (TPSA) is 75.7 Å². The third-order valence-corrected chi connectivity index (χ3v) is 3.29. The van der Waals surface area contributed by atoms with Gasteiger partial charge in [-0.25, -0.2) is 4.79 Å². The Kier molecular flexibility index (Phi) is 10.0. The van der Waals surface area contributed by atoms with Gasteiger partial charge in [0.25, 0.3) is 0 Å². The first kappa shape index (κ1) is 22.1. The van der Waals surface area contributed by atoms with Crippen LogP contribution in [0.15, 0.2) is 12.7 Å². The summed E-state index contributed by atoms with van der Waals surface area (Å²) < 4.78 is 5.23. The minimum atomic E-state index is -0.637. The summed E-state index contributed by atoms with van der Waals surface area (Å²) in [6, 6.07) is -0.637. The van der Waals surface area contributed by atoms with Crippen molar-refractivity contribution in [2.24, 2.45) is 0 Å². The fourth-order valence-corrected chi connectivity index (χ4v) is 2.16. The highest BCUT2D eigenvalue weighted by molar-refractivity contribution is 5.85. The molecule has 0 aliphatic heterocycles. The summed E-state index contributed by atoms with van der Waals surface area (Å²) in [4.78, 5) is 36.9. The maximum Gasteiger partial charge on any atom is 0.408 e. The number of nitrogens with zero attached hydrogens (tertiary/aromatic N) is 1. The van der Waals surface area contributed by atoms with Gasteiger partial charge in [0.2, 0.25) is 5.91 Å². The Bertz CT molecular complexity index is 441. The molecule has 0 unspecified atom stereocenters. The Morgan fingerprint density at radius 3 is 2.33 bits per heavy atom. The molecule has 0 aromatic heterocycles. The molecule has 6 nitrogen and oxygen atoms in total. The van der Waals surface area contributed by atoms with Gasteiger partial charge < -0.3 is 19.7 Å². The highest BCUT2D eigenvalue weighted by Crippen LogP contribution is 2.11. The van der Waals surface area contributed by atoms with Crippen LogP contribution in [-0.4, -0.2) is 47.9 Å². The zero-order valence-electron chi connectivity index (χ0n) is 15.7. The highest BCUT2D eigenvalue weighted by Gasteiger charge is 2.25. The molecule has 1 N–H and O–H groups in total. The number of nitrogens with one attached hydrogen (secondary N) is 1. The first-order valence-electron chi connectivity index (χ1n) is 8.41. The maximum absolute atomic E-state index is 12.5. The van der Waals surface area contributed by atoms with Gasteiger partial charge in [0.05, 0.1) is 0 Å². The Morgan fingerprint density at radius 2 is 1.83 bits per heavy atom. The number of rotatable bonds is 10. The van der Waals surface area contributed by atoms with Crippen LogP contribution in [-0.2, 0) is 14.3 Å². The van der Waals surface area contributed by atoms with E-state index in [9.17, 15) is 14.4 Å². The number of Topliss-reactive ketones (excluding diaryl/α,β-unsaturated/α-hetero) is 1. The van der Waals surface area contributed by atoms with Crippen molar-refractivity contribution in [3.05, 3.63) is 12.7 Å². The Hall–Kier alpha value is -1.85. The van der Waals surface area contributed by atoms with Gasteiger partial charge in [-0.15, -0.1) is 6.58 Å². The van der Waals surface area contributed by atoms with E-state index in [0.717, 1.165) is 19.3 Å². The standard InChI is InChI=1S/C18H32N2O4/c1-7-13-20(6)16(22)15(12-10-8-9-11-14(2)21)19-17(23)24-18(3,4)5/h7,15H,1,8-13H2,2-6H3,(H,19,23)/t15-/m0/s1. The summed E-state index contributed by atoms with van der Waals surface area (Å²) in [5, 5.41) is 2.66. The van der Waals surface area contributed by atoms with Crippen molar-refractivity contribution in [3.8, 4) is 0 Å². The minimum Gasteiger partial charge on any atom is -0.444 e. The number of carbonyl (C=O) groups is 3. The molecule has 0 bridgehead atoms. The van der Waals surface area contributed by atoms with Crippen molar-refractivity contribution >= 4 is 17.8 Å². The molecule has 0 aromatic rings. The third kappa shape index (κ3) is 10.8. The number of amides is 2. The van der Waals surface area contributed by atoms with E-state index in [-0.39, 0.29) is 11.7 Å². The second kappa shape index (κ2) is 10.8. The lowest BCUT2D eigenvalue weighted by molar-refractivity contribution is -0.131. The number of unbranched alkanes of at least 4 members (excludes halogenated alkanes) is 2. The van der Waals surface area contributed by atoms with Crippen LogP contribution >= 0.6 is 0 Å². The van der Waals surface area contributed by atoms with Crippen LogP contribution in [0, 0.1) is 0 Å². The number of hydrogen-bond donors (Lipinski definition) is 1. The molecule has 0 aliphatic rings. The van der Waals surface area contributed by atoms with Crippen molar-refractivity contribution in [2.45, 2.75) is 71.4 Å². The summed E-state index contributed by atoms with van der Waals surface area (Å²) >= 11 is 0. The molecule has 0 aromatic carbocycles. The summed E-state index contributed by atoms with van der Waals surface area (Å²) in [6.07, 6.45) is 4.48. The average molecular weight is 340 g/mol. The molecule has 0 fully saturated rings. The molecule has 0 radical (unpaired) electrons. The van der Waals surface area contributed by atoms with Gasteiger partial charge in [-0.3, -0.25) is 4.79 Å². The molecule has 0 saturated carbocycles. The molecule has 1 atom stereocenters. The van der Waals surface area contributed by atoms with Gasteiger partial charge in [-0.1, -0.05) is 18.9 Å². The molecule has 138 valence electrons. The number of likely N-dealkylation sites (N-methyl/N-ethyl adjacent to an activating group) is 1. The Balaban J connectivity index is 4.64. The number of carbonyl (C=O) groups excluding carboxylic acids is 3. The lowest BCUT2D eigenvalue weighted by atomic mass is 10.1. The monoisotopic (exact) mass is 340 g/mol. The van der Waals surface area contributed by atoms with Gasteiger partial charge in [0.15, 0.2) is 0 Å². The average Bonchev–Trinajstić information content (AvgIpc) is 2.42. The molecule has 0 saturated heterocycles. The lowest BCUT2D eigenvalue weighted by Gasteiger charge is -2.26. The quantitative estimate of drug-likeness (QED) is 0.490. The second-order valence-corrected chi connectivity index (χ2v) is 7.01. The minimum absolute atomic E-state index is 0.167. The van der Waals surface area contributed by atoms with E-state index in [4.69, 9.17) is 4.74 Å². The van der Waals surface area contributed by atoms with E-state index in [1.165, 1.54) is 4.90 Å². The fraction of sp³-hybridized carbons (Fsp3) is 0.722. The van der Waals surface area contributed by atoms with Crippen molar-refractivity contribution < 1.29 is 19.1 Å². The normalized spacial score (nSPS) is 12.2. The van der Waals surface area contributed by atoms with E-state index >= 15 is 0 Å². The van der Waals surface area contributed by atoms with Gasteiger partial charge in [-0.2, -0.15) is 0 Å². The van der Waals surface area contributed by atoms with Crippen molar-refractivity contribution in [1.29, 1.82) is 0 Å². The molecule has 2 amide bonds. The van der Waals surface area contributed by atoms with Crippen LogP contribution in [0.5, 0.6) is 0 Å². The molecule has 0 spiro atoms. The van der Waals surface area contributed by atoms with Crippen LogP contribution in [0.4, 0.5) is 4.79 Å². The third-order valence-electron chi connectivity index (χ3n) is 3.29. The first-order chi connectivity index (χ1) is 11.1. The largest absolute Gasteiger partial charge is 0.444 e. The zero-order valence-corrected chi connectivity index (χ0v) is 15.7. The predicted octanol–water partition coefficient (Wildman–Crippen LogP) is 3.06. The summed E-state index contributed by atoms with van der Waals surface area (Å²) in [6.45, 7) is 10.9. The summed E-state index contributed by atoms with van der Waals surface area (Å²) in [5.41, 5.74) is -0.619. The van der Waals surface area contributed by atoms with E-state index < -0.39 is 17.7 Å². The SMILES string of the molecule is C=CCN(C)C(=O)[C@H](CCCCCC(C)=O)NC(=O)OC(C)(C)C. The van der Waals surface area contributed by atoms with Crippen molar-refractivity contribution in [2.75, 3.05) is 13.6 Å². The van der Waals surface area contributed by atoms with E-state index in [2.05, 4.69) is 11.9 Å². The van der Waals surface area contributed by atoms with Crippen LogP contribution in [0.2, 0.25) is 0 Å². The van der Waals surface area contributed by atoms with Gasteiger partial charge >= 0.3 is 6.09 Å². The van der Waals surface area contributed by atoms with E-state index in [1.807, 2.05) is 0 Å². The lowest BCUT2D eigenvalue weighted by Crippen LogP contribution is -2.48. The molecule has 0 rings (SSSR count). The van der Waals surface area contributed by atoms with Gasteiger partial charge in [0, 0.05) is 20.0 Å². The van der Waals surface area contributed by atoms with Crippen molar-refractivity contribution in [1.82, 2.24) is 10.2 Å². The first-order valence-corrected chi connectivity index (χ1v) is 8.41. The molecule has 6 heteroatoms. The molecule has 0 aliphatic carbocycles. The van der Waals surface area contributed by atoms with Crippen LogP contribution in [0.3, 0.4) is 0 Å². The number of ether oxygens (including phenoxy) is 1. The molecular weight excluding hydrogens is 308 g/mol. The van der Waals surface area contributed by atoms with Gasteiger partial charge in [-0.05, 0) is 40.5 Å². The van der Waals surface area contributed by atoms with Crippen LogP contribution < -0.4 is 5.32 Å². The van der Waals surface area contributed by atoms with Crippen molar-refractivity contribution in [3.63, 3.8) is 0 Å². The van der Waals surface area contributed by atoms with E-state index in [0.29, 0.717) is 19.4 Å².